The van der Waals surface area contributed by atoms with E-state index in [1.54, 1.807) is 0 Å². The number of nitrogens with zero attached hydrogens (tertiary/aromatic N) is 2. The van der Waals surface area contributed by atoms with Gasteiger partial charge in [-0.15, -0.1) is 0 Å². The maximum Gasteiger partial charge on any atom is 0.272 e. The first-order valence-corrected chi connectivity index (χ1v) is 6.91. The van der Waals surface area contributed by atoms with Gasteiger partial charge in [0.15, 0.2) is 0 Å². The highest BCUT2D eigenvalue weighted by molar-refractivity contribution is 6.39. The Balaban J connectivity index is 2.38. The number of non-ortho nitro benzene ring substituents is 1. The fourth-order valence-electron chi connectivity index (χ4n) is 2.14. The SMILES string of the molecule is CCCN(c1c(Cl)cc([N+](=O)[O-])cc1Cl)C1CNC1. The largest absolute Gasteiger partial charge is 0.364 e. The van der Waals surface area contributed by atoms with Gasteiger partial charge in [-0.2, -0.15) is 0 Å². The van der Waals surface area contributed by atoms with Crippen LogP contribution in [0.5, 0.6) is 0 Å². The topological polar surface area (TPSA) is 58.4 Å². The van der Waals surface area contributed by atoms with Crippen molar-refractivity contribution in [1.29, 1.82) is 0 Å². The van der Waals surface area contributed by atoms with E-state index in [2.05, 4.69) is 17.1 Å². The van der Waals surface area contributed by atoms with Gasteiger partial charge in [-0.05, 0) is 6.42 Å². The van der Waals surface area contributed by atoms with E-state index < -0.39 is 4.92 Å². The van der Waals surface area contributed by atoms with Crippen molar-refractivity contribution >= 4 is 34.6 Å². The molecule has 104 valence electrons. The average Bonchev–Trinajstić information content (AvgIpc) is 2.25. The fraction of sp³-hybridized carbons (Fsp3) is 0.500. The third-order valence-electron chi connectivity index (χ3n) is 3.16. The molecule has 2 rings (SSSR count). The smallest absolute Gasteiger partial charge is 0.272 e. The van der Waals surface area contributed by atoms with Crippen molar-refractivity contribution in [3.8, 4) is 0 Å². The number of hydrogen-bond acceptors (Lipinski definition) is 4. The summed E-state index contributed by atoms with van der Waals surface area (Å²) in [6, 6.07) is 3.06. The van der Waals surface area contributed by atoms with Crippen molar-refractivity contribution < 1.29 is 4.92 Å². The maximum atomic E-state index is 10.8. The van der Waals surface area contributed by atoms with Crippen LogP contribution >= 0.6 is 23.2 Å². The van der Waals surface area contributed by atoms with Crippen molar-refractivity contribution in [2.75, 3.05) is 24.5 Å². The van der Waals surface area contributed by atoms with E-state index in [1.165, 1.54) is 12.1 Å². The lowest BCUT2D eigenvalue weighted by Crippen LogP contribution is -2.57. The molecule has 1 N–H and O–H groups in total. The Morgan fingerprint density at radius 3 is 2.37 bits per heavy atom. The van der Waals surface area contributed by atoms with E-state index >= 15 is 0 Å². The molecule has 0 saturated carbocycles. The van der Waals surface area contributed by atoms with Crippen LogP contribution in [0, 0.1) is 10.1 Å². The van der Waals surface area contributed by atoms with Gasteiger partial charge in [0.2, 0.25) is 0 Å². The summed E-state index contributed by atoms with van der Waals surface area (Å²) in [5.41, 5.74) is 0.615. The second-order valence-electron chi connectivity index (χ2n) is 4.52. The average molecular weight is 304 g/mol. The first-order valence-electron chi connectivity index (χ1n) is 6.15. The first kappa shape index (κ1) is 14.4. The van der Waals surface area contributed by atoms with Crippen LogP contribution in [0.1, 0.15) is 13.3 Å². The van der Waals surface area contributed by atoms with Crippen molar-refractivity contribution in [3.63, 3.8) is 0 Å². The van der Waals surface area contributed by atoms with Gasteiger partial charge in [0.05, 0.1) is 26.7 Å². The Kier molecular flexibility index (Phi) is 4.50. The number of rotatable bonds is 5. The molecule has 19 heavy (non-hydrogen) atoms. The van der Waals surface area contributed by atoms with Crippen molar-refractivity contribution in [1.82, 2.24) is 5.32 Å². The summed E-state index contributed by atoms with van der Waals surface area (Å²) in [6.45, 7) is 4.66. The molecule has 1 heterocycles. The Morgan fingerprint density at radius 2 is 2.00 bits per heavy atom. The van der Waals surface area contributed by atoms with Crippen LogP contribution < -0.4 is 10.2 Å². The zero-order valence-electron chi connectivity index (χ0n) is 10.5. The molecular formula is C12H15Cl2N3O2. The molecule has 5 nitrogen and oxygen atoms in total. The lowest BCUT2D eigenvalue weighted by atomic mass is 10.1. The predicted octanol–water partition coefficient (Wildman–Crippen LogP) is 3.09. The van der Waals surface area contributed by atoms with Crippen LogP contribution in [-0.2, 0) is 0 Å². The number of halogens is 2. The lowest BCUT2D eigenvalue weighted by molar-refractivity contribution is -0.384. The third kappa shape index (κ3) is 2.94. The second kappa shape index (κ2) is 5.94. The molecule has 0 unspecified atom stereocenters. The van der Waals surface area contributed by atoms with Crippen LogP contribution in [0.25, 0.3) is 0 Å². The normalized spacial score (nSPS) is 15.1. The molecule has 1 aromatic rings. The molecule has 1 saturated heterocycles. The first-order chi connectivity index (χ1) is 9.04. The summed E-state index contributed by atoms with van der Waals surface area (Å²) in [4.78, 5) is 12.4. The molecular weight excluding hydrogens is 289 g/mol. The van der Waals surface area contributed by atoms with E-state index in [1.807, 2.05) is 0 Å². The number of anilines is 1. The number of nitro benzene ring substituents is 1. The Hall–Kier alpha value is -1.04. The standard InChI is InChI=1S/C12H15Cl2N3O2/c1-2-3-16(9-6-15-7-9)12-10(13)4-8(17(18)19)5-11(12)14/h4-5,9,15H,2-3,6-7H2,1H3. The van der Waals surface area contributed by atoms with E-state index in [-0.39, 0.29) is 5.69 Å². The van der Waals surface area contributed by atoms with E-state index in [9.17, 15) is 10.1 Å². The number of benzene rings is 1. The van der Waals surface area contributed by atoms with Crippen molar-refractivity contribution in [3.05, 3.63) is 32.3 Å². The van der Waals surface area contributed by atoms with Crippen LogP contribution in [0.4, 0.5) is 11.4 Å². The van der Waals surface area contributed by atoms with Gasteiger partial charge in [-0.3, -0.25) is 10.1 Å². The fourth-order valence-corrected chi connectivity index (χ4v) is 2.84. The van der Waals surface area contributed by atoms with Crippen LogP contribution in [0.2, 0.25) is 10.0 Å². The monoisotopic (exact) mass is 303 g/mol. The molecule has 0 atom stereocenters. The summed E-state index contributed by atoms with van der Waals surface area (Å²) < 4.78 is 0. The van der Waals surface area contributed by atoms with Crippen molar-refractivity contribution in [2.24, 2.45) is 0 Å². The molecule has 0 amide bonds. The van der Waals surface area contributed by atoms with E-state index in [0.717, 1.165) is 26.1 Å². The van der Waals surface area contributed by atoms with Gasteiger partial charge in [0, 0.05) is 31.8 Å². The van der Waals surface area contributed by atoms with Gasteiger partial charge < -0.3 is 10.2 Å². The van der Waals surface area contributed by atoms with E-state index in [0.29, 0.717) is 21.8 Å². The number of hydrogen-bond donors (Lipinski definition) is 1. The Labute approximate surface area is 121 Å². The highest BCUT2D eigenvalue weighted by Gasteiger charge is 2.28. The molecule has 1 aromatic carbocycles. The van der Waals surface area contributed by atoms with E-state index in [4.69, 9.17) is 23.2 Å². The summed E-state index contributed by atoms with van der Waals surface area (Å²) in [5.74, 6) is 0. The van der Waals surface area contributed by atoms with Gasteiger partial charge in [-0.1, -0.05) is 30.1 Å². The minimum Gasteiger partial charge on any atom is -0.364 e. The zero-order valence-corrected chi connectivity index (χ0v) is 12.0. The molecule has 7 heteroatoms. The molecule has 1 aliphatic heterocycles. The summed E-state index contributed by atoms with van der Waals surface area (Å²) in [5, 5.41) is 14.6. The molecule has 0 aromatic heterocycles. The minimum absolute atomic E-state index is 0.0815. The Bertz CT molecular complexity index is 469. The third-order valence-corrected chi connectivity index (χ3v) is 3.74. The van der Waals surface area contributed by atoms with Crippen molar-refractivity contribution in [2.45, 2.75) is 19.4 Å². The van der Waals surface area contributed by atoms with Gasteiger partial charge in [0.25, 0.3) is 5.69 Å². The number of nitrogens with one attached hydrogen (secondary N) is 1. The molecule has 0 spiro atoms. The van der Waals surface area contributed by atoms with Crippen LogP contribution in [0.15, 0.2) is 12.1 Å². The van der Waals surface area contributed by atoms with Crippen LogP contribution in [-0.4, -0.2) is 30.6 Å². The predicted molar refractivity (Wildman–Crippen MR) is 77.4 cm³/mol. The van der Waals surface area contributed by atoms with Gasteiger partial charge in [0.1, 0.15) is 0 Å². The summed E-state index contributed by atoms with van der Waals surface area (Å²) in [6.07, 6.45) is 0.958. The molecule has 0 radical (unpaired) electrons. The quantitative estimate of drug-likeness (QED) is 0.671. The molecule has 0 bridgehead atoms. The molecule has 1 fully saturated rings. The highest BCUT2D eigenvalue weighted by Crippen LogP contribution is 2.38. The molecule has 0 aliphatic carbocycles. The highest BCUT2D eigenvalue weighted by atomic mass is 35.5. The van der Waals surface area contributed by atoms with Crippen LogP contribution in [0.3, 0.4) is 0 Å². The number of nitro groups is 1. The maximum absolute atomic E-state index is 10.8. The minimum atomic E-state index is -0.489. The Morgan fingerprint density at radius 1 is 1.42 bits per heavy atom. The lowest BCUT2D eigenvalue weighted by Gasteiger charge is -2.40. The van der Waals surface area contributed by atoms with Gasteiger partial charge in [-0.25, -0.2) is 0 Å². The zero-order chi connectivity index (χ0) is 14.0. The summed E-state index contributed by atoms with van der Waals surface area (Å²) >= 11 is 12.4. The van der Waals surface area contributed by atoms with Gasteiger partial charge >= 0.3 is 0 Å². The molecule has 1 aliphatic rings. The summed E-state index contributed by atoms with van der Waals surface area (Å²) in [7, 11) is 0. The second-order valence-corrected chi connectivity index (χ2v) is 5.33.